The number of ketones is 1. The Kier molecular flexibility index (Phi) is 6.16. The Morgan fingerprint density at radius 3 is 2.62 bits per heavy atom. The van der Waals surface area contributed by atoms with Crippen molar-refractivity contribution in [2.24, 2.45) is 0 Å². The molecule has 1 saturated carbocycles. The second kappa shape index (κ2) is 8.80. The zero-order chi connectivity index (χ0) is 20.4. The number of thiophene rings is 1. The van der Waals surface area contributed by atoms with E-state index < -0.39 is 0 Å². The van der Waals surface area contributed by atoms with E-state index in [9.17, 15) is 9.59 Å². The van der Waals surface area contributed by atoms with Crippen LogP contribution in [0.2, 0.25) is 0 Å². The molecule has 0 atom stereocenters. The third-order valence-corrected chi connectivity index (χ3v) is 7.59. The van der Waals surface area contributed by atoms with Crippen molar-refractivity contribution in [1.29, 1.82) is 0 Å². The van der Waals surface area contributed by atoms with E-state index >= 15 is 0 Å². The predicted octanol–water partition coefficient (Wildman–Crippen LogP) is 4.98. The van der Waals surface area contributed by atoms with E-state index in [1.54, 1.807) is 11.3 Å². The van der Waals surface area contributed by atoms with Crippen LogP contribution in [0.15, 0.2) is 24.3 Å². The van der Waals surface area contributed by atoms with E-state index in [4.69, 9.17) is 0 Å². The monoisotopic (exact) mass is 410 g/mol. The number of amides is 1. The van der Waals surface area contributed by atoms with Crippen molar-refractivity contribution in [3.63, 3.8) is 0 Å². The maximum atomic E-state index is 13.4. The zero-order valence-corrected chi connectivity index (χ0v) is 18.2. The lowest BCUT2D eigenvalue weighted by atomic mass is 9.94. The average Bonchev–Trinajstić information content (AvgIpc) is 3.29. The van der Waals surface area contributed by atoms with Crippen molar-refractivity contribution < 1.29 is 9.59 Å². The number of rotatable bonds is 6. The van der Waals surface area contributed by atoms with Gasteiger partial charge in [0.25, 0.3) is 0 Å². The van der Waals surface area contributed by atoms with Crippen LogP contribution in [0.5, 0.6) is 0 Å². The van der Waals surface area contributed by atoms with Gasteiger partial charge in [0, 0.05) is 16.5 Å². The quantitative estimate of drug-likeness (QED) is 0.684. The van der Waals surface area contributed by atoms with Crippen molar-refractivity contribution in [2.75, 3.05) is 18.9 Å². The van der Waals surface area contributed by atoms with E-state index in [0.717, 1.165) is 46.5 Å². The molecular formula is C24H30N2O2S. The lowest BCUT2D eigenvalue weighted by molar-refractivity contribution is -0.117. The highest BCUT2D eigenvalue weighted by Crippen LogP contribution is 2.40. The minimum absolute atomic E-state index is 0.0168. The first-order valence-corrected chi connectivity index (χ1v) is 11.6. The maximum absolute atomic E-state index is 13.4. The van der Waals surface area contributed by atoms with Crippen LogP contribution < -0.4 is 5.32 Å². The number of carbonyl (C=O) groups is 2. The summed E-state index contributed by atoms with van der Waals surface area (Å²) in [5.74, 6) is 0.0234. The molecule has 4 nitrogen and oxygen atoms in total. The number of likely N-dealkylation sites (N-methyl/N-ethyl adjacent to an activating group) is 1. The smallest absolute Gasteiger partial charge is 0.239 e. The Bertz CT molecular complexity index is 912. The minimum atomic E-state index is -0.0168. The van der Waals surface area contributed by atoms with Gasteiger partial charge in [0.15, 0.2) is 5.78 Å². The van der Waals surface area contributed by atoms with Gasteiger partial charge in [-0.3, -0.25) is 14.5 Å². The fourth-order valence-corrected chi connectivity index (χ4v) is 6.04. The lowest BCUT2D eigenvalue weighted by Crippen LogP contribution is -2.39. The number of carbonyl (C=O) groups excluding carboxylic acids is 2. The Hall–Kier alpha value is -1.98. The molecule has 5 heteroatoms. The highest BCUT2D eigenvalue weighted by Gasteiger charge is 2.29. The third kappa shape index (κ3) is 4.31. The summed E-state index contributed by atoms with van der Waals surface area (Å²) in [6.07, 6.45) is 9.19. The Morgan fingerprint density at radius 1 is 1.10 bits per heavy atom. The van der Waals surface area contributed by atoms with Crippen LogP contribution in [0.3, 0.4) is 0 Å². The first kappa shape index (κ1) is 20.3. The highest BCUT2D eigenvalue weighted by atomic mass is 32.1. The second-order valence-electron chi connectivity index (χ2n) is 8.46. The number of aryl methyl sites for hydroxylation is 2. The van der Waals surface area contributed by atoms with Crippen LogP contribution in [-0.4, -0.2) is 36.2 Å². The van der Waals surface area contributed by atoms with Crippen LogP contribution in [0, 0.1) is 6.92 Å². The van der Waals surface area contributed by atoms with E-state index in [2.05, 4.69) is 10.2 Å². The molecule has 0 radical (unpaired) electrons. The summed E-state index contributed by atoms with van der Waals surface area (Å²) in [4.78, 5) is 29.7. The van der Waals surface area contributed by atoms with E-state index in [0.29, 0.717) is 12.6 Å². The Balaban J connectivity index is 1.54. The first-order chi connectivity index (χ1) is 14.0. The van der Waals surface area contributed by atoms with Crippen LogP contribution >= 0.6 is 11.3 Å². The minimum Gasteiger partial charge on any atom is -0.316 e. The van der Waals surface area contributed by atoms with Gasteiger partial charge in [-0.2, -0.15) is 0 Å². The molecule has 1 fully saturated rings. The molecule has 4 rings (SSSR count). The number of nitrogens with one attached hydrogen (secondary N) is 1. The topological polar surface area (TPSA) is 49.4 Å². The molecule has 0 unspecified atom stereocenters. The van der Waals surface area contributed by atoms with Gasteiger partial charge in [-0.25, -0.2) is 0 Å². The van der Waals surface area contributed by atoms with Crippen molar-refractivity contribution >= 4 is 28.0 Å². The largest absolute Gasteiger partial charge is 0.316 e. The fraction of sp³-hybridized carbons (Fsp3) is 0.500. The molecule has 1 N–H and O–H groups in total. The summed E-state index contributed by atoms with van der Waals surface area (Å²) in [7, 11) is 2.05. The summed E-state index contributed by atoms with van der Waals surface area (Å²) in [6, 6.07) is 8.21. The summed E-state index contributed by atoms with van der Waals surface area (Å²) < 4.78 is 0. The fourth-order valence-electron chi connectivity index (χ4n) is 4.74. The molecular weight excluding hydrogens is 380 g/mol. The van der Waals surface area contributed by atoms with E-state index in [-0.39, 0.29) is 11.7 Å². The van der Waals surface area contributed by atoms with Crippen molar-refractivity contribution in [3.8, 4) is 0 Å². The number of fused-ring (bicyclic) bond motifs is 1. The lowest BCUT2D eigenvalue weighted by Gasteiger charge is -2.30. The molecule has 2 aromatic rings. The predicted molar refractivity (Wildman–Crippen MR) is 119 cm³/mol. The normalized spacial score (nSPS) is 16.8. The number of hydrogen-bond donors (Lipinski definition) is 1. The third-order valence-electron chi connectivity index (χ3n) is 6.38. The number of nitrogens with zero attached hydrogens (tertiary/aromatic N) is 1. The molecule has 2 aliphatic rings. The standard InChI is InChI=1S/C24H30N2O2S/c1-16-9-6-7-12-18(16)23(28)22-19-13-8-14-20(19)29-24(22)25-21(27)15-26(2)17-10-4-3-5-11-17/h6-7,9,12,17H,3-5,8,10-11,13-15H2,1-2H3,(H,25,27). The maximum Gasteiger partial charge on any atom is 0.239 e. The molecule has 1 aromatic carbocycles. The molecule has 0 spiro atoms. The number of hydrogen-bond acceptors (Lipinski definition) is 4. The van der Waals surface area contributed by atoms with Gasteiger partial charge >= 0.3 is 0 Å². The van der Waals surface area contributed by atoms with Gasteiger partial charge < -0.3 is 5.32 Å². The van der Waals surface area contributed by atoms with E-state index in [1.165, 1.54) is 37.0 Å². The molecule has 2 aliphatic carbocycles. The van der Waals surface area contributed by atoms with Crippen molar-refractivity contribution in [3.05, 3.63) is 51.4 Å². The zero-order valence-electron chi connectivity index (χ0n) is 17.4. The van der Waals surface area contributed by atoms with Crippen LogP contribution in [-0.2, 0) is 17.6 Å². The molecule has 0 aliphatic heterocycles. The van der Waals surface area contributed by atoms with Gasteiger partial charge in [0.2, 0.25) is 5.91 Å². The average molecular weight is 411 g/mol. The molecule has 154 valence electrons. The van der Waals surface area contributed by atoms with Gasteiger partial charge in [-0.05, 0) is 57.2 Å². The van der Waals surface area contributed by atoms with Crippen LogP contribution in [0.1, 0.15) is 70.5 Å². The van der Waals surface area contributed by atoms with Crippen molar-refractivity contribution in [1.82, 2.24) is 4.90 Å². The molecule has 0 bridgehead atoms. The number of benzene rings is 1. The summed E-state index contributed by atoms with van der Waals surface area (Å²) >= 11 is 1.60. The van der Waals surface area contributed by atoms with Gasteiger partial charge in [-0.15, -0.1) is 11.3 Å². The van der Waals surface area contributed by atoms with Crippen molar-refractivity contribution in [2.45, 2.75) is 64.3 Å². The summed E-state index contributed by atoms with van der Waals surface area (Å²) in [5.41, 5.74) is 3.59. The molecule has 0 saturated heterocycles. The summed E-state index contributed by atoms with van der Waals surface area (Å²) in [6.45, 7) is 2.35. The Morgan fingerprint density at radius 2 is 1.86 bits per heavy atom. The van der Waals surface area contributed by atoms with E-state index in [1.807, 2.05) is 38.2 Å². The second-order valence-corrected chi connectivity index (χ2v) is 9.57. The van der Waals surface area contributed by atoms with Gasteiger partial charge in [-0.1, -0.05) is 43.5 Å². The summed E-state index contributed by atoms with van der Waals surface area (Å²) in [5, 5.41) is 3.84. The molecule has 1 heterocycles. The highest BCUT2D eigenvalue weighted by molar-refractivity contribution is 7.17. The van der Waals surface area contributed by atoms with Gasteiger partial charge in [0.05, 0.1) is 12.1 Å². The number of anilines is 1. The van der Waals surface area contributed by atoms with Crippen LogP contribution in [0.25, 0.3) is 0 Å². The van der Waals surface area contributed by atoms with Crippen LogP contribution in [0.4, 0.5) is 5.00 Å². The molecule has 29 heavy (non-hydrogen) atoms. The SMILES string of the molecule is Cc1ccccc1C(=O)c1c(NC(=O)CN(C)C2CCCCC2)sc2c1CCC2. The molecule has 1 aromatic heterocycles. The Labute approximate surface area is 177 Å². The molecule has 1 amide bonds. The van der Waals surface area contributed by atoms with Gasteiger partial charge in [0.1, 0.15) is 5.00 Å². The first-order valence-electron chi connectivity index (χ1n) is 10.8.